The molecule has 6 nitrogen and oxygen atoms in total. The van der Waals surface area contributed by atoms with E-state index in [-0.39, 0.29) is 5.56 Å². The van der Waals surface area contributed by atoms with E-state index in [1.807, 2.05) is 18.2 Å². The fourth-order valence-corrected chi connectivity index (χ4v) is 6.75. The van der Waals surface area contributed by atoms with Gasteiger partial charge in [0.15, 0.2) is 0 Å². The molecular weight excluding hydrogens is 446 g/mol. The second-order valence-corrected chi connectivity index (χ2v) is 10.4. The van der Waals surface area contributed by atoms with E-state index in [1.165, 1.54) is 10.4 Å². The summed E-state index contributed by atoms with van der Waals surface area (Å²) in [4.78, 5) is 20.6. The highest BCUT2D eigenvalue weighted by Crippen LogP contribution is 2.34. The van der Waals surface area contributed by atoms with E-state index in [2.05, 4.69) is 23.5 Å². The van der Waals surface area contributed by atoms with Gasteiger partial charge in [0.1, 0.15) is 10.6 Å². The van der Waals surface area contributed by atoms with Crippen molar-refractivity contribution in [3.63, 3.8) is 0 Å². The van der Waals surface area contributed by atoms with Gasteiger partial charge in [-0.15, -0.1) is 11.3 Å². The lowest BCUT2D eigenvalue weighted by atomic mass is 9.92. The van der Waals surface area contributed by atoms with Crippen LogP contribution in [0.15, 0.2) is 47.5 Å². The molecule has 0 spiro atoms. The summed E-state index contributed by atoms with van der Waals surface area (Å²) >= 11 is 1.69. The number of rotatable bonds is 5. The third-order valence-corrected chi connectivity index (χ3v) is 8.44. The summed E-state index contributed by atoms with van der Waals surface area (Å²) in [5.41, 5.74) is 2.27. The van der Waals surface area contributed by atoms with Gasteiger partial charge >= 0.3 is 0 Å². The van der Waals surface area contributed by atoms with Crippen LogP contribution in [0.25, 0.3) is 21.0 Å². The van der Waals surface area contributed by atoms with Crippen LogP contribution in [0.4, 0.5) is 0 Å². The third kappa shape index (κ3) is 3.91. The van der Waals surface area contributed by atoms with E-state index < -0.39 is 0 Å². The van der Waals surface area contributed by atoms with Crippen molar-refractivity contribution >= 4 is 32.3 Å². The summed E-state index contributed by atoms with van der Waals surface area (Å²) in [5, 5.41) is 6.89. The van der Waals surface area contributed by atoms with Crippen LogP contribution in [0.3, 0.4) is 0 Å². The van der Waals surface area contributed by atoms with Gasteiger partial charge in [-0.05, 0) is 54.5 Å². The van der Waals surface area contributed by atoms with Gasteiger partial charge in [0.05, 0.1) is 25.4 Å². The Balaban J connectivity index is 1.33. The first-order chi connectivity index (χ1) is 16.7. The van der Waals surface area contributed by atoms with Gasteiger partial charge in [-0.25, -0.2) is 4.98 Å². The van der Waals surface area contributed by atoms with E-state index in [0.29, 0.717) is 18.6 Å². The molecule has 0 saturated carbocycles. The zero-order chi connectivity index (χ0) is 23.1. The fourth-order valence-electron chi connectivity index (χ4n) is 5.49. The molecule has 2 aromatic heterocycles. The summed E-state index contributed by atoms with van der Waals surface area (Å²) in [6.07, 6.45) is 6.83. The molecule has 176 valence electrons. The Labute approximate surface area is 202 Å². The first-order valence-corrected chi connectivity index (χ1v) is 12.9. The van der Waals surface area contributed by atoms with Crippen molar-refractivity contribution < 1.29 is 9.47 Å². The van der Waals surface area contributed by atoms with Crippen LogP contribution in [-0.4, -0.2) is 42.0 Å². The molecule has 0 bridgehead atoms. The molecule has 34 heavy (non-hydrogen) atoms. The summed E-state index contributed by atoms with van der Waals surface area (Å²) < 4.78 is 12.9. The number of methoxy groups -OCH3 is 1. The largest absolute Gasteiger partial charge is 0.496 e. The molecule has 1 N–H and O–H groups in total. The average Bonchev–Trinajstić information content (AvgIpc) is 3.25. The molecule has 4 aromatic rings. The topological polar surface area (TPSA) is 65.4 Å². The van der Waals surface area contributed by atoms with Crippen LogP contribution in [0.5, 0.6) is 5.75 Å². The minimum Gasteiger partial charge on any atom is -0.496 e. The maximum atomic E-state index is 13.7. The summed E-state index contributed by atoms with van der Waals surface area (Å²) in [5.74, 6) is 0.792. The van der Waals surface area contributed by atoms with Crippen LogP contribution in [0.1, 0.15) is 35.3 Å². The zero-order valence-electron chi connectivity index (χ0n) is 19.4. The SMILES string of the molecule is COc1ccc2ccccc2c1Cn1cnc2sc3c(c2c1=O)CCC(NC1CCOCC1)C3. The number of aromatic nitrogens is 2. The number of thiophene rings is 1. The van der Waals surface area contributed by atoms with Crippen LogP contribution < -0.4 is 15.6 Å². The van der Waals surface area contributed by atoms with E-state index >= 15 is 0 Å². The highest BCUT2D eigenvalue weighted by molar-refractivity contribution is 7.18. The smallest absolute Gasteiger partial charge is 0.262 e. The predicted molar refractivity (Wildman–Crippen MR) is 136 cm³/mol. The molecular formula is C27H29N3O3S. The van der Waals surface area contributed by atoms with Crippen molar-refractivity contribution in [1.29, 1.82) is 0 Å². The molecule has 2 aliphatic rings. The lowest BCUT2D eigenvalue weighted by Crippen LogP contribution is -2.44. The Kier molecular flexibility index (Phi) is 5.85. The lowest BCUT2D eigenvalue weighted by Gasteiger charge is -2.30. The number of aryl methyl sites for hydroxylation is 1. The number of benzene rings is 2. The van der Waals surface area contributed by atoms with Gasteiger partial charge in [-0.2, -0.15) is 0 Å². The van der Waals surface area contributed by atoms with Crippen molar-refractivity contribution in [2.75, 3.05) is 20.3 Å². The molecule has 2 aromatic carbocycles. The second-order valence-electron chi connectivity index (χ2n) is 9.32. The van der Waals surface area contributed by atoms with Crippen molar-refractivity contribution in [2.45, 2.75) is 50.7 Å². The number of hydrogen-bond donors (Lipinski definition) is 1. The Morgan fingerprint density at radius 2 is 2.00 bits per heavy atom. The molecule has 6 rings (SSSR count). The van der Waals surface area contributed by atoms with Gasteiger partial charge in [-0.3, -0.25) is 9.36 Å². The molecule has 3 heterocycles. The van der Waals surface area contributed by atoms with Crippen molar-refractivity contribution in [1.82, 2.24) is 14.9 Å². The fraction of sp³-hybridized carbons (Fsp3) is 0.407. The first-order valence-electron chi connectivity index (χ1n) is 12.1. The Morgan fingerprint density at radius 3 is 2.85 bits per heavy atom. The third-order valence-electron chi connectivity index (χ3n) is 7.27. The maximum Gasteiger partial charge on any atom is 0.262 e. The monoisotopic (exact) mass is 475 g/mol. The van der Waals surface area contributed by atoms with Crippen LogP contribution in [0.2, 0.25) is 0 Å². The quantitative estimate of drug-likeness (QED) is 0.466. The highest BCUT2D eigenvalue weighted by Gasteiger charge is 2.27. The van der Waals surface area contributed by atoms with E-state index in [0.717, 1.165) is 77.6 Å². The normalized spacial score (nSPS) is 18.9. The molecule has 1 atom stereocenters. The lowest BCUT2D eigenvalue weighted by molar-refractivity contribution is 0.0743. The standard InChI is InChI=1S/C27H29N3O3S/c1-32-23-9-6-17-4-2-3-5-20(17)22(23)15-30-16-28-26-25(27(30)31)21-8-7-19(14-24(21)34-26)29-18-10-12-33-13-11-18/h2-6,9,16,18-19,29H,7-8,10-15H2,1H3. The average molecular weight is 476 g/mol. The molecule has 1 aliphatic carbocycles. The molecule has 1 aliphatic heterocycles. The Hall–Kier alpha value is -2.74. The van der Waals surface area contributed by atoms with Crippen LogP contribution in [-0.2, 0) is 24.1 Å². The van der Waals surface area contributed by atoms with Crippen molar-refractivity contribution in [3.8, 4) is 5.75 Å². The Morgan fingerprint density at radius 1 is 1.15 bits per heavy atom. The zero-order valence-corrected chi connectivity index (χ0v) is 20.2. The minimum absolute atomic E-state index is 0.0494. The predicted octanol–water partition coefficient (Wildman–Crippen LogP) is 4.29. The Bertz CT molecular complexity index is 1400. The van der Waals surface area contributed by atoms with Gasteiger partial charge in [-0.1, -0.05) is 30.3 Å². The first kappa shape index (κ1) is 21.8. The van der Waals surface area contributed by atoms with Crippen molar-refractivity contribution in [2.24, 2.45) is 0 Å². The summed E-state index contributed by atoms with van der Waals surface area (Å²) in [6.45, 7) is 2.14. The van der Waals surface area contributed by atoms with Crippen molar-refractivity contribution in [3.05, 3.63) is 69.1 Å². The van der Waals surface area contributed by atoms with E-state index in [9.17, 15) is 4.79 Å². The van der Waals surface area contributed by atoms with Gasteiger partial charge in [0.25, 0.3) is 5.56 Å². The maximum absolute atomic E-state index is 13.7. The van der Waals surface area contributed by atoms with Gasteiger partial charge in [0, 0.05) is 35.7 Å². The molecule has 1 saturated heterocycles. The minimum atomic E-state index is 0.0494. The number of nitrogens with zero attached hydrogens (tertiary/aromatic N) is 2. The summed E-state index contributed by atoms with van der Waals surface area (Å²) in [7, 11) is 1.68. The van der Waals surface area contributed by atoms with Gasteiger partial charge in [0.2, 0.25) is 0 Å². The number of fused-ring (bicyclic) bond motifs is 4. The number of ether oxygens (including phenoxy) is 2. The molecule has 7 heteroatoms. The van der Waals surface area contributed by atoms with Crippen LogP contribution in [0, 0.1) is 0 Å². The number of hydrogen-bond acceptors (Lipinski definition) is 6. The van der Waals surface area contributed by atoms with Gasteiger partial charge < -0.3 is 14.8 Å². The summed E-state index contributed by atoms with van der Waals surface area (Å²) in [6, 6.07) is 13.3. The highest BCUT2D eigenvalue weighted by atomic mass is 32.1. The molecule has 1 unspecified atom stereocenters. The molecule has 1 fully saturated rings. The van der Waals surface area contributed by atoms with E-state index in [4.69, 9.17) is 14.5 Å². The molecule has 0 radical (unpaired) electrons. The molecule has 0 amide bonds. The number of nitrogens with one attached hydrogen (secondary N) is 1. The van der Waals surface area contributed by atoms with E-state index in [1.54, 1.807) is 29.3 Å². The second kappa shape index (κ2) is 9.13. The van der Waals surface area contributed by atoms with Crippen LogP contribution >= 0.6 is 11.3 Å².